The van der Waals surface area contributed by atoms with Gasteiger partial charge in [-0.3, -0.25) is 9.78 Å². The van der Waals surface area contributed by atoms with E-state index < -0.39 is 33.8 Å². The van der Waals surface area contributed by atoms with Gasteiger partial charge in [-0.1, -0.05) is 35.9 Å². The second kappa shape index (κ2) is 11.6. The first-order valence-electron chi connectivity index (χ1n) is 13.4. The minimum Gasteiger partial charge on any atom is -0.486 e. The number of methoxy groups -OCH3 is 1. The van der Waals surface area contributed by atoms with Crippen LogP contribution in [-0.2, 0) is 14.8 Å². The fourth-order valence-corrected chi connectivity index (χ4v) is 7.17. The number of sulfonamides is 1. The number of ether oxygens (including phenoxy) is 2. The number of nitrogens with zero attached hydrogens (tertiary/aromatic N) is 3. The van der Waals surface area contributed by atoms with E-state index in [1.807, 2.05) is 32.0 Å². The molecule has 5 rings (SSSR count). The summed E-state index contributed by atoms with van der Waals surface area (Å²) in [6.07, 6.45) is 1.93. The summed E-state index contributed by atoms with van der Waals surface area (Å²) in [7, 11) is -2.76. The fraction of sp³-hybridized carbons (Fsp3) is 0.400. The van der Waals surface area contributed by atoms with Crippen LogP contribution in [0.2, 0.25) is 0 Å². The molecule has 2 aliphatic rings. The molecular weight excluding hydrogens is 533 g/mol. The van der Waals surface area contributed by atoms with Crippen LogP contribution in [0.3, 0.4) is 0 Å². The number of amides is 1. The van der Waals surface area contributed by atoms with Crippen molar-refractivity contribution in [2.24, 2.45) is 0 Å². The topological polar surface area (TPSA) is 89.0 Å². The second-order valence-electron chi connectivity index (χ2n) is 10.4. The average Bonchev–Trinajstić information content (AvgIpc) is 3.62. The monoisotopic (exact) mass is 567 g/mol. The number of aromatic nitrogens is 1. The van der Waals surface area contributed by atoms with Crippen molar-refractivity contribution in [2.75, 3.05) is 26.7 Å². The van der Waals surface area contributed by atoms with E-state index in [1.54, 1.807) is 48.5 Å². The molecule has 0 saturated carbocycles. The largest absolute Gasteiger partial charge is 0.486 e. The van der Waals surface area contributed by atoms with Crippen LogP contribution in [0.25, 0.3) is 0 Å². The highest BCUT2D eigenvalue weighted by Crippen LogP contribution is 2.39. The van der Waals surface area contributed by atoms with Gasteiger partial charge in [-0.25, -0.2) is 12.8 Å². The van der Waals surface area contributed by atoms with Gasteiger partial charge in [0.25, 0.3) is 15.9 Å². The maximum Gasteiger partial charge on any atom is 0.254 e. The SMILES string of the molecule is CO[C@@H]1CN(C(=O)c2cc(C)ccc2C)C[C@H]1Oc1cccc(C(F)S(=O)(=O)N2CCCC2c2ccccn2)c1. The highest BCUT2D eigenvalue weighted by Gasteiger charge is 2.42. The third-order valence-corrected chi connectivity index (χ3v) is 9.54. The predicted molar refractivity (Wildman–Crippen MR) is 149 cm³/mol. The van der Waals surface area contributed by atoms with Crippen LogP contribution >= 0.6 is 0 Å². The molecule has 1 amide bonds. The molecule has 2 fully saturated rings. The summed E-state index contributed by atoms with van der Waals surface area (Å²) >= 11 is 0. The van der Waals surface area contributed by atoms with Crippen LogP contribution in [0.15, 0.2) is 66.9 Å². The summed E-state index contributed by atoms with van der Waals surface area (Å²) in [4.78, 5) is 19.3. The third kappa shape index (κ3) is 5.61. The van der Waals surface area contributed by atoms with Crippen LogP contribution in [0.4, 0.5) is 4.39 Å². The summed E-state index contributed by atoms with van der Waals surface area (Å²) in [6, 6.07) is 16.7. The van der Waals surface area contributed by atoms with Gasteiger partial charge < -0.3 is 14.4 Å². The molecule has 0 bridgehead atoms. The van der Waals surface area contributed by atoms with Gasteiger partial charge in [0.2, 0.25) is 5.50 Å². The molecule has 0 radical (unpaired) electrons. The van der Waals surface area contributed by atoms with Gasteiger partial charge in [0.05, 0.1) is 24.8 Å². The van der Waals surface area contributed by atoms with Crippen LogP contribution in [0.1, 0.15) is 57.1 Å². The minimum atomic E-state index is -4.31. The number of pyridine rings is 1. The Labute approximate surface area is 234 Å². The predicted octanol–water partition coefficient (Wildman–Crippen LogP) is 4.75. The van der Waals surface area contributed by atoms with Crippen LogP contribution < -0.4 is 4.74 Å². The van der Waals surface area contributed by atoms with E-state index in [1.165, 1.54) is 16.4 Å². The molecule has 2 aliphatic heterocycles. The van der Waals surface area contributed by atoms with Gasteiger partial charge >= 0.3 is 0 Å². The number of carbonyl (C=O) groups excluding carboxylic acids is 1. The van der Waals surface area contributed by atoms with Crippen molar-refractivity contribution in [3.05, 3.63) is 94.8 Å². The smallest absolute Gasteiger partial charge is 0.254 e. The first-order chi connectivity index (χ1) is 19.2. The number of hydrogen-bond acceptors (Lipinski definition) is 6. The van der Waals surface area contributed by atoms with Gasteiger partial charge in [0.15, 0.2) is 0 Å². The maximum atomic E-state index is 15.7. The Morgan fingerprint density at radius 1 is 1.05 bits per heavy atom. The number of halogens is 1. The number of benzene rings is 2. The highest BCUT2D eigenvalue weighted by molar-refractivity contribution is 7.89. The van der Waals surface area contributed by atoms with Crippen molar-refractivity contribution in [1.82, 2.24) is 14.2 Å². The lowest BCUT2D eigenvalue weighted by atomic mass is 10.0. The lowest BCUT2D eigenvalue weighted by molar-refractivity contribution is 0.0339. The molecule has 0 N–H and O–H groups in total. The first-order valence-corrected chi connectivity index (χ1v) is 14.9. The summed E-state index contributed by atoms with van der Waals surface area (Å²) in [5, 5.41) is 0. The van der Waals surface area contributed by atoms with Gasteiger partial charge in [0, 0.05) is 31.0 Å². The van der Waals surface area contributed by atoms with Crippen LogP contribution in [0.5, 0.6) is 5.75 Å². The molecular formula is C30H34FN3O5S. The number of likely N-dealkylation sites (tertiary alicyclic amines) is 1. The summed E-state index contributed by atoms with van der Waals surface area (Å²) in [5.74, 6) is 0.206. The molecule has 40 heavy (non-hydrogen) atoms. The van der Waals surface area contributed by atoms with Gasteiger partial charge in [-0.2, -0.15) is 4.31 Å². The van der Waals surface area contributed by atoms with E-state index in [-0.39, 0.29) is 24.6 Å². The van der Waals surface area contributed by atoms with E-state index >= 15 is 4.39 Å². The zero-order valence-electron chi connectivity index (χ0n) is 22.9. The van der Waals surface area contributed by atoms with E-state index in [4.69, 9.17) is 9.47 Å². The summed E-state index contributed by atoms with van der Waals surface area (Å²) in [5.41, 5.74) is 0.856. The minimum absolute atomic E-state index is 0.0144. The molecule has 2 aromatic carbocycles. The van der Waals surface area contributed by atoms with Crippen molar-refractivity contribution in [2.45, 2.75) is 50.4 Å². The molecule has 212 valence electrons. The Morgan fingerprint density at radius 3 is 2.60 bits per heavy atom. The maximum absolute atomic E-state index is 15.7. The molecule has 3 aromatic rings. The zero-order chi connectivity index (χ0) is 28.4. The second-order valence-corrected chi connectivity index (χ2v) is 12.3. The molecule has 0 aliphatic carbocycles. The van der Waals surface area contributed by atoms with E-state index in [0.717, 1.165) is 11.1 Å². The van der Waals surface area contributed by atoms with Gasteiger partial charge in [-0.05, 0) is 62.6 Å². The van der Waals surface area contributed by atoms with Crippen molar-refractivity contribution in [3.63, 3.8) is 0 Å². The van der Waals surface area contributed by atoms with Crippen molar-refractivity contribution < 1.29 is 27.1 Å². The normalized spacial score (nSPS) is 22.4. The van der Waals surface area contributed by atoms with Gasteiger partial charge in [-0.15, -0.1) is 0 Å². The summed E-state index contributed by atoms with van der Waals surface area (Å²) < 4.78 is 55.5. The van der Waals surface area contributed by atoms with Crippen molar-refractivity contribution in [3.8, 4) is 5.75 Å². The molecule has 4 atom stereocenters. The van der Waals surface area contributed by atoms with Crippen LogP contribution in [0, 0.1) is 13.8 Å². The van der Waals surface area contributed by atoms with Crippen molar-refractivity contribution in [1.29, 1.82) is 0 Å². The van der Waals surface area contributed by atoms with Crippen LogP contribution in [-0.4, -0.2) is 67.5 Å². The number of hydrogen-bond donors (Lipinski definition) is 0. The lowest BCUT2D eigenvalue weighted by Gasteiger charge is -2.26. The molecule has 1 aromatic heterocycles. The molecule has 3 heterocycles. The van der Waals surface area contributed by atoms with Crippen molar-refractivity contribution >= 4 is 15.9 Å². The van der Waals surface area contributed by atoms with E-state index in [0.29, 0.717) is 36.4 Å². The third-order valence-electron chi connectivity index (χ3n) is 7.66. The summed E-state index contributed by atoms with van der Waals surface area (Å²) in [6.45, 7) is 4.71. The van der Waals surface area contributed by atoms with E-state index in [9.17, 15) is 13.2 Å². The Morgan fingerprint density at radius 2 is 1.85 bits per heavy atom. The average molecular weight is 568 g/mol. The molecule has 2 saturated heterocycles. The fourth-order valence-electron chi connectivity index (χ4n) is 5.49. The molecule has 10 heteroatoms. The van der Waals surface area contributed by atoms with Gasteiger partial charge in [0.1, 0.15) is 18.0 Å². The molecule has 0 spiro atoms. The Kier molecular flexibility index (Phi) is 8.21. The molecule has 2 unspecified atom stereocenters. The van der Waals surface area contributed by atoms with E-state index in [2.05, 4.69) is 4.98 Å². The zero-order valence-corrected chi connectivity index (χ0v) is 23.7. The quantitative estimate of drug-likeness (QED) is 0.390. The Balaban J connectivity index is 1.31. The number of carbonyl (C=O) groups is 1. The standard InChI is InChI=1S/C30H34FN3O5S/c1-20-12-13-21(2)24(16-20)30(35)33-18-27(38-3)28(19-33)39-23-9-6-8-22(17-23)29(31)40(36,37)34-15-7-11-26(34)25-10-4-5-14-32-25/h4-6,8-10,12-14,16-17,26-29H,7,11,15,18-19H2,1-3H3/t26?,27-,28-,29?/m1/s1. The number of aryl methyl sites for hydroxylation is 2. The lowest BCUT2D eigenvalue weighted by Crippen LogP contribution is -2.34. The highest BCUT2D eigenvalue weighted by atomic mass is 32.2. The Bertz CT molecular complexity index is 1470. The Hall–Kier alpha value is -3.34. The number of rotatable bonds is 8. The number of alkyl halides is 1. The molecule has 8 nitrogen and oxygen atoms in total. The first kappa shape index (κ1) is 28.2.